The van der Waals surface area contributed by atoms with Crippen molar-refractivity contribution in [1.29, 1.82) is 0 Å². The minimum absolute atomic E-state index is 0. The second-order valence-corrected chi connectivity index (χ2v) is 3.75. The SMILES string of the molecule is COc1cc(C(=O)N[C@@H](C)CN)ccc1[N+](=O)[O-].Cl. The molecular formula is C11H16ClN3O4. The topological polar surface area (TPSA) is 107 Å². The standard InChI is InChI=1S/C11H15N3O4.ClH/c1-7(6-12)13-11(15)8-3-4-9(14(16)17)10(5-8)18-2;/h3-5,7H,6,12H2,1-2H3,(H,13,15);1H/t7-;/m0./s1. The predicted octanol–water partition coefficient (Wildman–Crippen LogP) is 1.10. The number of hydrogen-bond donors (Lipinski definition) is 2. The molecule has 7 nitrogen and oxygen atoms in total. The average Bonchev–Trinajstić information content (AvgIpc) is 2.37. The Labute approximate surface area is 116 Å². The van der Waals surface area contributed by atoms with Crippen LogP contribution >= 0.6 is 12.4 Å². The number of nitrogens with one attached hydrogen (secondary N) is 1. The van der Waals surface area contributed by atoms with Gasteiger partial charge in [0.05, 0.1) is 12.0 Å². The summed E-state index contributed by atoms with van der Waals surface area (Å²) in [6.45, 7) is 2.08. The van der Waals surface area contributed by atoms with Crippen LogP contribution in [0.1, 0.15) is 17.3 Å². The van der Waals surface area contributed by atoms with Gasteiger partial charge in [-0.15, -0.1) is 12.4 Å². The highest BCUT2D eigenvalue weighted by molar-refractivity contribution is 5.95. The molecule has 0 aliphatic carbocycles. The molecule has 1 aromatic rings. The highest BCUT2D eigenvalue weighted by Crippen LogP contribution is 2.27. The highest BCUT2D eigenvalue weighted by Gasteiger charge is 2.17. The Morgan fingerprint density at radius 2 is 2.21 bits per heavy atom. The van der Waals surface area contributed by atoms with E-state index in [1.54, 1.807) is 6.92 Å². The van der Waals surface area contributed by atoms with E-state index in [0.29, 0.717) is 6.54 Å². The van der Waals surface area contributed by atoms with E-state index in [9.17, 15) is 14.9 Å². The van der Waals surface area contributed by atoms with Gasteiger partial charge in [-0.1, -0.05) is 0 Å². The second-order valence-electron chi connectivity index (χ2n) is 3.75. The zero-order valence-corrected chi connectivity index (χ0v) is 11.4. The van der Waals surface area contributed by atoms with Crippen LogP contribution in [0.15, 0.2) is 18.2 Å². The number of ether oxygens (including phenoxy) is 1. The zero-order chi connectivity index (χ0) is 13.7. The summed E-state index contributed by atoms with van der Waals surface area (Å²) in [5.41, 5.74) is 5.50. The number of carbonyl (C=O) groups excluding carboxylic acids is 1. The smallest absolute Gasteiger partial charge is 0.310 e. The lowest BCUT2D eigenvalue weighted by atomic mass is 10.1. The van der Waals surface area contributed by atoms with Crippen molar-refractivity contribution >= 4 is 24.0 Å². The lowest BCUT2D eigenvalue weighted by molar-refractivity contribution is -0.385. The van der Waals surface area contributed by atoms with Gasteiger partial charge in [0.25, 0.3) is 5.91 Å². The Hall–Kier alpha value is -1.86. The Morgan fingerprint density at radius 3 is 2.68 bits per heavy atom. The molecule has 0 bridgehead atoms. The molecule has 0 spiro atoms. The number of benzene rings is 1. The molecule has 106 valence electrons. The van der Waals surface area contributed by atoms with Gasteiger partial charge in [-0.2, -0.15) is 0 Å². The van der Waals surface area contributed by atoms with E-state index in [4.69, 9.17) is 10.5 Å². The third-order valence-corrected chi connectivity index (χ3v) is 2.37. The first-order chi connectivity index (χ1) is 8.49. The average molecular weight is 290 g/mol. The highest BCUT2D eigenvalue weighted by atomic mass is 35.5. The number of rotatable bonds is 5. The Bertz CT molecular complexity index is 467. The third-order valence-electron chi connectivity index (χ3n) is 2.37. The van der Waals surface area contributed by atoms with E-state index >= 15 is 0 Å². The van der Waals surface area contributed by atoms with Crippen LogP contribution < -0.4 is 15.8 Å². The number of nitro groups is 1. The summed E-state index contributed by atoms with van der Waals surface area (Å²) in [4.78, 5) is 21.9. The lowest BCUT2D eigenvalue weighted by Gasteiger charge is -2.11. The van der Waals surface area contributed by atoms with Crippen LogP contribution in [0.5, 0.6) is 5.75 Å². The van der Waals surface area contributed by atoms with E-state index in [0.717, 1.165) is 0 Å². The molecule has 0 saturated carbocycles. The maximum atomic E-state index is 11.8. The quantitative estimate of drug-likeness (QED) is 0.623. The molecule has 0 aliphatic rings. The van der Waals surface area contributed by atoms with Crippen LogP contribution in [0.2, 0.25) is 0 Å². The Balaban J connectivity index is 0.00000324. The molecule has 1 rings (SSSR count). The zero-order valence-electron chi connectivity index (χ0n) is 10.6. The summed E-state index contributed by atoms with van der Waals surface area (Å²) in [6.07, 6.45) is 0. The molecule has 0 aromatic heterocycles. The van der Waals surface area contributed by atoms with E-state index < -0.39 is 4.92 Å². The van der Waals surface area contributed by atoms with Crippen molar-refractivity contribution in [3.63, 3.8) is 0 Å². The molecule has 1 aromatic carbocycles. The first-order valence-electron chi connectivity index (χ1n) is 5.33. The molecule has 1 amide bonds. The summed E-state index contributed by atoms with van der Waals surface area (Å²) >= 11 is 0. The van der Waals surface area contributed by atoms with Gasteiger partial charge in [0.1, 0.15) is 0 Å². The van der Waals surface area contributed by atoms with Gasteiger partial charge in [0, 0.05) is 30.3 Å². The molecule has 0 aliphatic heterocycles. The monoisotopic (exact) mass is 289 g/mol. The van der Waals surface area contributed by atoms with Crippen LogP contribution in [0.25, 0.3) is 0 Å². The maximum absolute atomic E-state index is 11.8. The molecule has 0 radical (unpaired) electrons. The molecule has 0 fully saturated rings. The number of methoxy groups -OCH3 is 1. The summed E-state index contributed by atoms with van der Waals surface area (Å²) in [5, 5.41) is 13.4. The largest absolute Gasteiger partial charge is 0.490 e. The molecule has 0 unspecified atom stereocenters. The van der Waals surface area contributed by atoms with Gasteiger partial charge in [-0.05, 0) is 13.0 Å². The summed E-state index contributed by atoms with van der Waals surface area (Å²) in [6, 6.07) is 3.77. The number of nitro benzene ring substituents is 1. The van der Waals surface area contributed by atoms with E-state index in [1.165, 1.54) is 25.3 Å². The van der Waals surface area contributed by atoms with Crippen LogP contribution in [0.4, 0.5) is 5.69 Å². The van der Waals surface area contributed by atoms with E-state index in [1.807, 2.05) is 0 Å². The van der Waals surface area contributed by atoms with Crippen molar-refractivity contribution in [2.75, 3.05) is 13.7 Å². The number of amides is 1. The van der Waals surface area contributed by atoms with Crippen molar-refractivity contribution in [3.05, 3.63) is 33.9 Å². The van der Waals surface area contributed by atoms with Gasteiger partial charge in [0.2, 0.25) is 0 Å². The molecule has 8 heteroatoms. The predicted molar refractivity (Wildman–Crippen MR) is 72.9 cm³/mol. The van der Waals surface area contributed by atoms with Crippen molar-refractivity contribution < 1.29 is 14.5 Å². The number of nitrogens with two attached hydrogens (primary N) is 1. The lowest BCUT2D eigenvalue weighted by Crippen LogP contribution is -2.37. The fourth-order valence-corrected chi connectivity index (χ4v) is 1.34. The molecule has 0 saturated heterocycles. The normalized spacial score (nSPS) is 11.1. The van der Waals surface area contributed by atoms with Crippen LogP contribution in [0.3, 0.4) is 0 Å². The van der Waals surface area contributed by atoms with Crippen LogP contribution in [-0.4, -0.2) is 30.5 Å². The summed E-state index contributed by atoms with van der Waals surface area (Å²) in [5.74, 6) is -0.297. The number of hydrogen-bond acceptors (Lipinski definition) is 5. The number of carbonyl (C=O) groups is 1. The van der Waals surface area contributed by atoms with E-state index in [2.05, 4.69) is 5.32 Å². The maximum Gasteiger partial charge on any atom is 0.310 e. The van der Waals surface area contributed by atoms with Crippen molar-refractivity contribution in [2.24, 2.45) is 5.73 Å². The number of nitrogens with zero attached hydrogens (tertiary/aromatic N) is 1. The molecule has 3 N–H and O–H groups in total. The fourth-order valence-electron chi connectivity index (χ4n) is 1.34. The van der Waals surface area contributed by atoms with Crippen molar-refractivity contribution in [2.45, 2.75) is 13.0 Å². The van der Waals surface area contributed by atoms with Crippen molar-refractivity contribution in [1.82, 2.24) is 5.32 Å². The minimum Gasteiger partial charge on any atom is -0.490 e. The summed E-state index contributed by atoms with van der Waals surface area (Å²) < 4.78 is 4.88. The van der Waals surface area contributed by atoms with Crippen molar-refractivity contribution in [3.8, 4) is 5.75 Å². The second kappa shape index (κ2) is 7.55. The molecule has 19 heavy (non-hydrogen) atoms. The molecular weight excluding hydrogens is 274 g/mol. The van der Waals surface area contributed by atoms with Gasteiger partial charge >= 0.3 is 5.69 Å². The summed E-state index contributed by atoms with van der Waals surface area (Å²) in [7, 11) is 1.31. The van der Waals surface area contributed by atoms with Gasteiger partial charge in [-0.25, -0.2) is 0 Å². The van der Waals surface area contributed by atoms with Gasteiger partial charge in [0.15, 0.2) is 5.75 Å². The minimum atomic E-state index is -0.566. The first-order valence-corrected chi connectivity index (χ1v) is 5.33. The Kier molecular flexibility index (Phi) is 6.81. The van der Waals surface area contributed by atoms with Gasteiger partial charge in [-0.3, -0.25) is 14.9 Å². The Morgan fingerprint density at radius 1 is 1.58 bits per heavy atom. The van der Waals surface area contributed by atoms with Crippen LogP contribution in [0, 0.1) is 10.1 Å². The first kappa shape index (κ1) is 17.1. The van der Waals surface area contributed by atoms with E-state index in [-0.39, 0.29) is 41.4 Å². The third kappa shape index (κ3) is 4.38. The number of halogens is 1. The van der Waals surface area contributed by atoms with Crippen LogP contribution in [-0.2, 0) is 0 Å². The van der Waals surface area contributed by atoms with Gasteiger partial charge < -0.3 is 15.8 Å². The molecule has 0 heterocycles. The fraction of sp³-hybridized carbons (Fsp3) is 0.364. The molecule has 1 atom stereocenters.